The first-order valence-corrected chi connectivity index (χ1v) is 12.2. The van der Waals surface area contributed by atoms with Gasteiger partial charge in [-0.15, -0.1) is 0 Å². The molecule has 1 aromatic heterocycles. The van der Waals surface area contributed by atoms with Crippen molar-refractivity contribution >= 4 is 23.0 Å². The van der Waals surface area contributed by atoms with E-state index >= 15 is 0 Å². The van der Waals surface area contributed by atoms with Gasteiger partial charge in [0.25, 0.3) is 0 Å². The van der Waals surface area contributed by atoms with E-state index in [-0.39, 0.29) is 29.7 Å². The molecule has 178 valence electrons. The molecule has 1 atom stereocenters. The highest BCUT2D eigenvalue weighted by molar-refractivity contribution is 6.24. The first-order valence-electron chi connectivity index (χ1n) is 12.2. The molecular formula is C29H28N2O4. The Balaban J connectivity index is 1.37. The van der Waals surface area contributed by atoms with Crippen molar-refractivity contribution in [2.45, 2.75) is 57.8 Å². The van der Waals surface area contributed by atoms with Gasteiger partial charge in [-0.25, -0.2) is 0 Å². The lowest BCUT2D eigenvalue weighted by atomic mass is 9.81. The molecule has 0 saturated heterocycles. The molecule has 1 fully saturated rings. The molecule has 0 bridgehead atoms. The number of allylic oxidation sites excluding steroid dienone is 2. The average molecular weight is 469 g/mol. The zero-order valence-electron chi connectivity index (χ0n) is 19.8. The maximum Gasteiger partial charge on any atom is 0.168 e. The number of rotatable bonds is 5. The van der Waals surface area contributed by atoms with Crippen LogP contribution in [0.2, 0.25) is 0 Å². The second kappa shape index (κ2) is 9.82. The number of para-hydroxylation sites is 1. The molecule has 6 heteroatoms. The molecule has 3 aromatic rings. The Hall–Kier alpha value is -3.80. The van der Waals surface area contributed by atoms with E-state index in [4.69, 9.17) is 9.52 Å². The van der Waals surface area contributed by atoms with E-state index in [1.54, 1.807) is 0 Å². The average Bonchev–Trinajstić information content (AvgIpc) is 3.28. The van der Waals surface area contributed by atoms with Crippen LogP contribution >= 0.6 is 0 Å². The smallest absolute Gasteiger partial charge is 0.168 e. The van der Waals surface area contributed by atoms with Crippen LogP contribution in [0.4, 0.5) is 5.69 Å². The number of nitrogens with zero attached hydrogens (tertiary/aromatic N) is 2. The number of ketones is 2. The first-order chi connectivity index (χ1) is 17.0. The number of Topliss-reactive ketones (excluding diaryl/α,β-unsaturated/α-hetero) is 2. The highest BCUT2D eigenvalue weighted by Gasteiger charge is 2.33. The van der Waals surface area contributed by atoms with E-state index in [1.807, 2.05) is 61.5 Å². The van der Waals surface area contributed by atoms with Crippen molar-refractivity contribution < 1.29 is 19.2 Å². The molecule has 6 nitrogen and oxygen atoms in total. The first kappa shape index (κ1) is 23.0. The summed E-state index contributed by atoms with van der Waals surface area (Å²) in [5.74, 6) is 0.605. The van der Waals surface area contributed by atoms with Crippen molar-refractivity contribution in [2.24, 2.45) is 4.99 Å². The molecule has 5 rings (SSSR count). The molecule has 0 spiro atoms. The number of aliphatic imine (C=N–C) groups is 1. The van der Waals surface area contributed by atoms with E-state index in [2.05, 4.69) is 5.16 Å². The predicted octanol–water partition coefficient (Wildman–Crippen LogP) is 6.17. The Bertz CT molecular complexity index is 1330. The van der Waals surface area contributed by atoms with E-state index in [9.17, 15) is 14.7 Å². The SMILES string of the molecule is Cc1ccccc1N=C1CCCC(=O)/C1=C(/O)CCc1noc2c1C(=O)CC(c1ccccc1)C2. The van der Waals surface area contributed by atoms with Gasteiger partial charge in [-0.05, 0) is 42.9 Å². The van der Waals surface area contributed by atoms with Gasteiger partial charge >= 0.3 is 0 Å². The predicted molar refractivity (Wildman–Crippen MR) is 133 cm³/mol. The van der Waals surface area contributed by atoms with Gasteiger partial charge in [0.1, 0.15) is 11.5 Å². The zero-order chi connectivity index (χ0) is 24.4. The van der Waals surface area contributed by atoms with Gasteiger partial charge in [0.15, 0.2) is 11.6 Å². The molecule has 2 aromatic carbocycles. The Morgan fingerprint density at radius 3 is 2.60 bits per heavy atom. The normalized spacial score (nSPS) is 20.7. The number of aliphatic hydroxyl groups is 1. The van der Waals surface area contributed by atoms with Crippen LogP contribution in [0.25, 0.3) is 0 Å². The van der Waals surface area contributed by atoms with Gasteiger partial charge in [-0.2, -0.15) is 0 Å². The summed E-state index contributed by atoms with van der Waals surface area (Å²) in [5.41, 5.74) is 4.94. The number of carbonyl (C=O) groups excluding carboxylic acids is 2. The van der Waals surface area contributed by atoms with Crippen molar-refractivity contribution in [1.82, 2.24) is 5.16 Å². The lowest BCUT2D eigenvalue weighted by Gasteiger charge is -2.20. The number of aromatic nitrogens is 1. The zero-order valence-corrected chi connectivity index (χ0v) is 19.8. The highest BCUT2D eigenvalue weighted by Crippen LogP contribution is 2.35. The van der Waals surface area contributed by atoms with E-state index in [1.165, 1.54) is 0 Å². The van der Waals surface area contributed by atoms with Crippen LogP contribution < -0.4 is 0 Å². The highest BCUT2D eigenvalue weighted by atomic mass is 16.5. The standard InChI is InChI=1S/C29H28N2O4/c1-18-8-5-6-11-21(18)30-22-12-7-13-24(32)28(22)25(33)15-14-23-29-26(34)16-20(17-27(29)35-31-23)19-9-3-2-4-10-19/h2-6,8-11,20,33H,7,12-17H2,1H3/b28-25+,30-22?. The maximum absolute atomic E-state index is 13.0. The fourth-order valence-electron chi connectivity index (χ4n) is 5.03. The van der Waals surface area contributed by atoms with Gasteiger partial charge in [0.05, 0.1) is 28.2 Å². The summed E-state index contributed by atoms with van der Waals surface area (Å²) in [4.78, 5) is 30.5. The van der Waals surface area contributed by atoms with Gasteiger partial charge in [-0.3, -0.25) is 14.6 Å². The third kappa shape index (κ3) is 4.74. The third-order valence-electron chi connectivity index (χ3n) is 6.89. The van der Waals surface area contributed by atoms with Crippen LogP contribution in [0.15, 0.2) is 75.4 Å². The minimum Gasteiger partial charge on any atom is -0.511 e. The fourth-order valence-corrected chi connectivity index (χ4v) is 5.03. The minimum absolute atomic E-state index is 0.00389. The summed E-state index contributed by atoms with van der Waals surface area (Å²) in [6, 6.07) is 17.7. The summed E-state index contributed by atoms with van der Waals surface area (Å²) >= 11 is 0. The molecule has 1 saturated carbocycles. The van der Waals surface area contributed by atoms with Crippen LogP contribution in [0.3, 0.4) is 0 Å². The molecule has 1 heterocycles. The van der Waals surface area contributed by atoms with Gasteiger partial charge in [0.2, 0.25) is 0 Å². The molecule has 2 aliphatic rings. The Morgan fingerprint density at radius 1 is 1.03 bits per heavy atom. The van der Waals surface area contributed by atoms with Gasteiger partial charge in [-0.1, -0.05) is 53.7 Å². The minimum atomic E-state index is -0.0926. The number of benzene rings is 2. The third-order valence-corrected chi connectivity index (χ3v) is 6.89. The molecular weight excluding hydrogens is 440 g/mol. The summed E-state index contributed by atoms with van der Waals surface area (Å²) in [6.07, 6.45) is 3.29. The van der Waals surface area contributed by atoms with E-state index < -0.39 is 0 Å². The summed E-state index contributed by atoms with van der Waals surface area (Å²) in [6.45, 7) is 1.97. The number of hydrogen-bond donors (Lipinski definition) is 1. The van der Waals surface area contributed by atoms with Gasteiger partial charge in [0, 0.05) is 32.1 Å². The summed E-state index contributed by atoms with van der Waals surface area (Å²) in [7, 11) is 0. The van der Waals surface area contributed by atoms with Crippen molar-refractivity contribution in [3.8, 4) is 0 Å². The van der Waals surface area contributed by atoms with E-state index in [0.717, 1.165) is 16.8 Å². The van der Waals surface area contributed by atoms with Crippen LogP contribution in [0, 0.1) is 6.92 Å². The molecule has 1 N–H and O–H groups in total. The largest absolute Gasteiger partial charge is 0.511 e. The van der Waals surface area contributed by atoms with Crippen molar-refractivity contribution in [1.29, 1.82) is 0 Å². The lowest BCUT2D eigenvalue weighted by Crippen LogP contribution is -2.21. The topological polar surface area (TPSA) is 92.8 Å². The monoisotopic (exact) mass is 468 g/mol. The van der Waals surface area contributed by atoms with Crippen molar-refractivity contribution in [3.63, 3.8) is 0 Å². The molecule has 0 aliphatic heterocycles. The lowest BCUT2D eigenvalue weighted by molar-refractivity contribution is -0.115. The summed E-state index contributed by atoms with van der Waals surface area (Å²) < 4.78 is 5.56. The Kier molecular flexibility index (Phi) is 6.45. The van der Waals surface area contributed by atoms with Gasteiger partial charge < -0.3 is 9.63 Å². The second-order valence-corrected chi connectivity index (χ2v) is 9.31. The Labute approximate surface area is 204 Å². The maximum atomic E-state index is 13.0. The van der Waals surface area contributed by atoms with Crippen LogP contribution in [-0.4, -0.2) is 27.5 Å². The fraction of sp³-hybridized carbons (Fsp3) is 0.310. The second-order valence-electron chi connectivity index (χ2n) is 9.31. The van der Waals surface area contributed by atoms with Crippen LogP contribution in [0.1, 0.15) is 71.0 Å². The molecule has 1 unspecified atom stereocenters. The number of aryl methyl sites for hydroxylation is 2. The van der Waals surface area contributed by atoms with Crippen LogP contribution in [-0.2, 0) is 17.6 Å². The molecule has 0 amide bonds. The molecule has 35 heavy (non-hydrogen) atoms. The Morgan fingerprint density at radius 2 is 1.80 bits per heavy atom. The van der Waals surface area contributed by atoms with Crippen molar-refractivity contribution in [2.75, 3.05) is 0 Å². The van der Waals surface area contributed by atoms with E-state index in [0.29, 0.717) is 66.8 Å². The quantitative estimate of drug-likeness (QED) is 0.357. The molecule has 2 aliphatic carbocycles. The number of fused-ring (bicyclic) bond motifs is 1. The van der Waals surface area contributed by atoms with Crippen LogP contribution in [0.5, 0.6) is 0 Å². The summed E-state index contributed by atoms with van der Waals surface area (Å²) in [5, 5.41) is 15.1. The number of carbonyl (C=O) groups is 2. The van der Waals surface area contributed by atoms with Crippen molar-refractivity contribution in [3.05, 3.63) is 94.1 Å². The number of aliphatic hydroxyl groups excluding tert-OH is 1. The number of hydrogen-bond acceptors (Lipinski definition) is 6. The molecule has 0 radical (unpaired) electrons.